The van der Waals surface area contributed by atoms with E-state index < -0.39 is 0 Å². The van der Waals surface area contributed by atoms with Crippen molar-refractivity contribution in [2.45, 2.75) is 31.8 Å². The monoisotopic (exact) mass is 395 g/mol. The van der Waals surface area contributed by atoms with E-state index in [4.69, 9.17) is 32.4 Å². The molecule has 2 unspecified atom stereocenters. The van der Waals surface area contributed by atoms with E-state index in [1.807, 2.05) is 0 Å². The SMILES string of the molecule is CC1C(NC(=O)c2ncc(Oc3cc(Cl)cc(Cl)c3)o2)C2CCN1CC2. The molecule has 2 aromatic rings. The highest BCUT2D eigenvalue weighted by atomic mass is 35.5. The minimum absolute atomic E-state index is 0.0169. The number of hydrogen-bond donors (Lipinski definition) is 1. The summed E-state index contributed by atoms with van der Waals surface area (Å²) in [6.07, 6.45) is 3.60. The summed E-state index contributed by atoms with van der Waals surface area (Å²) in [6, 6.07) is 5.25. The number of halogens is 2. The van der Waals surface area contributed by atoms with Gasteiger partial charge in [0.25, 0.3) is 5.89 Å². The molecule has 0 radical (unpaired) electrons. The Labute approximate surface area is 161 Å². The van der Waals surface area contributed by atoms with Crippen LogP contribution in [-0.4, -0.2) is 41.0 Å². The molecule has 1 N–H and O–H groups in total. The number of oxazole rings is 1. The number of amides is 1. The van der Waals surface area contributed by atoms with Crippen LogP contribution in [0.15, 0.2) is 28.8 Å². The fraction of sp³-hybridized carbons (Fsp3) is 0.444. The highest BCUT2D eigenvalue weighted by molar-refractivity contribution is 6.34. The van der Waals surface area contributed by atoms with E-state index in [0.29, 0.717) is 27.8 Å². The quantitative estimate of drug-likeness (QED) is 0.847. The van der Waals surface area contributed by atoms with Crippen LogP contribution in [0.3, 0.4) is 0 Å². The van der Waals surface area contributed by atoms with Crippen molar-refractivity contribution in [2.24, 2.45) is 5.92 Å². The Kier molecular flexibility index (Phi) is 4.82. The van der Waals surface area contributed by atoms with Crippen molar-refractivity contribution in [1.29, 1.82) is 0 Å². The summed E-state index contributed by atoms with van der Waals surface area (Å²) in [5.41, 5.74) is 0. The second kappa shape index (κ2) is 7.10. The lowest BCUT2D eigenvalue weighted by atomic mass is 9.79. The molecular formula is C18H19Cl2N3O3. The summed E-state index contributed by atoms with van der Waals surface area (Å²) in [5.74, 6) is 0.691. The molecule has 8 heteroatoms. The number of benzene rings is 1. The maximum atomic E-state index is 12.5. The van der Waals surface area contributed by atoms with Crippen molar-refractivity contribution < 1.29 is 13.9 Å². The number of rotatable bonds is 4. The van der Waals surface area contributed by atoms with Gasteiger partial charge in [-0.1, -0.05) is 23.2 Å². The standard InChI is InChI=1S/C18H19Cl2N3O3/c1-10-16(11-2-4-23(10)5-3-11)22-17(24)18-21-9-15(26-18)25-14-7-12(19)6-13(20)8-14/h6-11,16H,2-5H2,1H3,(H,22,24). The predicted molar refractivity (Wildman–Crippen MR) is 98.1 cm³/mol. The highest BCUT2D eigenvalue weighted by Gasteiger charge is 2.40. The van der Waals surface area contributed by atoms with E-state index in [1.165, 1.54) is 6.20 Å². The molecule has 3 aliphatic heterocycles. The number of carbonyl (C=O) groups excluding carboxylic acids is 1. The Morgan fingerprint density at radius 1 is 1.27 bits per heavy atom. The molecule has 2 atom stereocenters. The summed E-state index contributed by atoms with van der Waals surface area (Å²) in [4.78, 5) is 19.0. The van der Waals surface area contributed by atoms with Crippen LogP contribution in [0.2, 0.25) is 10.0 Å². The maximum absolute atomic E-state index is 12.5. The number of ether oxygens (including phenoxy) is 1. The lowest BCUT2D eigenvalue weighted by Crippen LogP contribution is -2.62. The third-order valence-corrected chi connectivity index (χ3v) is 5.65. The van der Waals surface area contributed by atoms with Gasteiger partial charge in [0.05, 0.1) is 0 Å². The normalized spacial score (nSPS) is 27.3. The van der Waals surface area contributed by atoms with E-state index in [0.717, 1.165) is 25.9 Å². The van der Waals surface area contributed by atoms with Gasteiger partial charge < -0.3 is 14.5 Å². The Balaban J connectivity index is 1.43. The average molecular weight is 396 g/mol. The molecule has 6 nitrogen and oxygen atoms in total. The minimum Gasteiger partial charge on any atom is -0.425 e. The van der Waals surface area contributed by atoms with Crippen molar-refractivity contribution in [3.63, 3.8) is 0 Å². The summed E-state index contributed by atoms with van der Waals surface area (Å²) < 4.78 is 11.0. The van der Waals surface area contributed by atoms with Gasteiger partial charge in [-0.25, -0.2) is 4.98 Å². The van der Waals surface area contributed by atoms with Crippen LogP contribution < -0.4 is 10.1 Å². The zero-order valence-corrected chi connectivity index (χ0v) is 15.8. The van der Waals surface area contributed by atoms with E-state index in [1.54, 1.807) is 18.2 Å². The maximum Gasteiger partial charge on any atom is 0.311 e. The third-order valence-electron chi connectivity index (χ3n) is 5.21. The predicted octanol–water partition coefficient (Wildman–Crippen LogP) is 3.99. The Hall–Kier alpha value is -1.76. The Morgan fingerprint density at radius 3 is 2.62 bits per heavy atom. The lowest BCUT2D eigenvalue weighted by Gasteiger charge is -2.49. The molecule has 1 amide bonds. The molecule has 138 valence electrons. The lowest BCUT2D eigenvalue weighted by molar-refractivity contribution is 0.0209. The second-order valence-electron chi connectivity index (χ2n) is 6.80. The van der Waals surface area contributed by atoms with Crippen molar-refractivity contribution in [2.75, 3.05) is 13.1 Å². The second-order valence-corrected chi connectivity index (χ2v) is 7.68. The van der Waals surface area contributed by atoms with Crippen LogP contribution >= 0.6 is 23.2 Å². The molecule has 4 heterocycles. The molecule has 2 bridgehead atoms. The molecule has 3 saturated heterocycles. The molecule has 0 saturated carbocycles. The Bertz CT molecular complexity index is 796. The van der Waals surface area contributed by atoms with Crippen molar-refractivity contribution in [3.8, 4) is 11.7 Å². The summed E-state index contributed by atoms with van der Waals surface area (Å²) in [5, 5.41) is 3.97. The van der Waals surface area contributed by atoms with Crippen LogP contribution in [-0.2, 0) is 0 Å². The van der Waals surface area contributed by atoms with Crippen molar-refractivity contribution >= 4 is 29.1 Å². The first kappa shape index (κ1) is 17.6. The number of aromatic nitrogens is 1. The van der Waals surface area contributed by atoms with Gasteiger partial charge in [0, 0.05) is 22.1 Å². The summed E-state index contributed by atoms with van der Waals surface area (Å²) >= 11 is 11.9. The first-order valence-electron chi connectivity index (χ1n) is 8.64. The number of carbonyl (C=O) groups is 1. The van der Waals surface area contributed by atoms with Gasteiger partial charge >= 0.3 is 11.9 Å². The van der Waals surface area contributed by atoms with Crippen molar-refractivity contribution in [3.05, 3.63) is 40.3 Å². The summed E-state index contributed by atoms with van der Waals surface area (Å²) in [6.45, 7) is 4.37. The Morgan fingerprint density at radius 2 is 1.96 bits per heavy atom. The largest absolute Gasteiger partial charge is 0.425 e. The smallest absolute Gasteiger partial charge is 0.311 e. The number of fused-ring (bicyclic) bond motifs is 3. The highest BCUT2D eigenvalue weighted by Crippen LogP contribution is 2.32. The summed E-state index contributed by atoms with van der Waals surface area (Å²) in [7, 11) is 0. The molecule has 5 rings (SSSR count). The van der Waals surface area contributed by atoms with Gasteiger partial charge in [0.2, 0.25) is 0 Å². The zero-order chi connectivity index (χ0) is 18.3. The zero-order valence-electron chi connectivity index (χ0n) is 14.2. The van der Waals surface area contributed by atoms with Gasteiger partial charge in [0.1, 0.15) is 11.9 Å². The van der Waals surface area contributed by atoms with E-state index >= 15 is 0 Å². The number of hydrogen-bond acceptors (Lipinski definition) is 5. The molecular weight excluding hydrogens is 377 g/mol. The van der Waals surface area contributed by atoms with Crippen LogP contribution in [0.1, 0.15) is 30.5 Å². The van der Waals surface area contributed by atoms with E-state index in [9.17, 15) is 4.79 Å². The van der Waals surface area contributed by atoms with Gasteiger partial charge in [-0.15, -0.1) is 0 Å². The number of nitrogens with zero attached hydrogens (tertiary/aromatic N) is 2. The molecule has 26 heavy (non-hydrogen) atoms. The number of nitrogens with one attached hydrogen (secondary N) is 1. The molecule has 3 aliphatic rings. The molecule has 1 aromatic carbocycles. The number of piperidine rings is 3. The van der Waals surface area contributed by atoms with Crippen LogP contribution in [0, 0.1) is 5.92 Å². The van der Waals surface area contributed by atoms with E-state index in [2.05, 4.69) is 22.1 Å². The van der Waals surface area contributed by atoms with E-state index in [-0.39, 0.29) is 23.8 Å². The van der Waals surface area contributed by atoms with Crippen molar-refractivity contribution in [1.82, 2.24) is 15.2 Å². The first-order valence-corrected chi connectivity index (χ1v) is 9.40. The first-order chi connectivity index (χ1) is 12.5. The van der Waals surface area contributed by atoms with Gasteiger partial charge in [-0.3, -0.25) is 9.69 Å². The van der Waals surface area contributed by atoms with Crippen LogP contribution in [0.25, 0.3) is 0 Å². The fourth-order valence-electron chi connectivity index (χ4n) is 3.87. The molecule has 1 aromatic heterocycles. The fourth-order valence-corrected chi connectivity index (χ4v) is 4.38. The molecule has 0 spiro atoms. The van der Waals surface area contributed by atoms with Crippen LogP contribution in [0.4, 0.5) is 0 Å². The average Bonchev–Trinajstić information content (AvgIpc) is 3.06. The van der Waals surface area contributed by atoms with Gasteiger partial charge in [-0.2, -0.15) is 0 Å². The molecule has 3 fully saturated rings. The topological polar surface area (TPSA) is 67.6 Å². The minimum atomic E-state index is -0.324. The van der Waals surface area contributed by atoms with Gasteiger partial charge in [-0.05, 0) is 57.0 Å². The van der Waals surface area contributed by atoms with Crippen LogP contribution in [0.5, 0.6) is 11.7 Å². The molecule has 0 aliphatic carbocycles. The van der Waals surface area contributed by atoms with Gasteiger partial charge in [0.15, 0.2) is 0 Å². The third kappa shape index (κ3) is 3.54.